The van der Waals surface area contributed by atoms with Crippen LogP contribution in [0.5, 0.6) is 0 Å². The fraction of sp³-hybridized carbons (Fsp3) is 0.100. The van der Waals surface area contributed by atoms with Gasteiger partial charge in [0.05, 0.1) is 17.1 Å². The van der Waals surface area contributed by atoms with Crippen molar-refractivity contribution in [3.63, 3.8) is 0 Å². The van der Waals surface area contributed by atoms with Crippen LogP contribution >= 0.6 is 11.6 Å². The summed E-state index contributed by atoms with van der Waals surface area (Å²) < 4.78 is 0. The number of benzene rings is 2. The summed E-state index contributed by atoms with van der Waals surface area (Å²) in [7, 11) is 0. The summed E-state index contributed by atoms with van der Waals surface area (Å²) >= 11 is 6.01. The molecule has 0 spiro atoms. The largest absolute Gasteiger partial charge is 0.476 e. The zero-order chi connectivity index (χ0) is 21.1. The van der Waals surface area contributed by atoms with Crippen molar-refractivity contribution in [1.82, 2.24) is 30.2 Å². The first-order chi connectivity index (χ1) is 14.5. The maximum Gasteiger partial charge on any atom is 0.356 e. The second-order valence-electron chi connectivity index (χ2n) is 6.40. The molecule has 0 unspecified atom stereocenters. The first-order valence-electron chi connectivity index (χ1n) is 8.95. The van der Waals surface area contributed by atoms with Crippen molar-refractivity contribution >= 4 is 17.6 Å². The van der Waals surface area contributed by atoms with E-state index in [4.69, 9.17) is 17.3 Å². The standard InChI is InChI=1S/C20H16ClN7O2/c21-15-7-5-14(6-8-15)18-17(13-3-1-12(9-22)2-4-13)25-16(19(26-18)20(29)30)10-28-24-11-23-27-28/h1-8,11H,9-10,22H2,(H,29,30). The van der Waals surface area contributed by atoms with E-state index >= 15 is 0 Å². The number of nitrogens with zero attached hydrogens (tertiary/aromatic N) is 6. The average Bonchev–Trinajstić information content (AvgIpc) is 3.27. The Hall–Kier alpha value is -3.69. The number of carbonyl (C=O) groups is 1. The minimum Gasteiger partial charge on any atom is -0.476 e. The normalized spacial score (nSPS) is 10.9. The van der Waals surface area contributed by atoms with E-state index in [1.54, 1.807) is 24.3 Å². The Morgan fingerprint density at radius 1 is 1.00 bits per heavy atom. The highest BCUT2D eigenvalue weighted by molar-refractivity contribution is 6.30. The van der Waals surface area contributed by atoms with E-state index in [9.17, 15) is 9.90 Å². The summed E-state index contributed by atoms with van der Waals surface area (Å²) in [6.45, 7) is 0.431. The van der Waals surface area contributed by atoms with Gasteiger partial charge < -0.3 is 10.8 Å². The van der Waals surface area contributed by atoms with Gasteiger partial charge in [-0.2, -0.15) is 4.80 Å². The Morgan fingerprint density at radius 3 is 2.20 bits per heavy atom. The summed E-state index contributed by atoms with van der Waals surface area (Å²) in [5, 5.41) is 21.7. The highest BCUT2D eigenvalue weighted by Gasteiger charge is 2.21. The van der Waals surface area contributed by atoms with E-state index in [1.165, 1.54) is 11.1 Å². The molecule has 0 aliphatic heterocycles. The molecule has 2 aromatic carbocycles. The zero-order valence-corrected chi connectivity index (χ0v) is 16.4. The number of halogens is 1. The van der Waals surface area contributed by atoms with E-state index in [0.29, 0.717) is 28.5 Å². The molecule has 4 aromatic rings. The van der Waals surface area contributed by atoms with Gasteiger partial charge in [-0.25, -0.2) is 14.8 Å². The molecular weight excluding hydrogens is 406 g/mol. The zero-order valence-electron chi connectivity index (χ0n) is 15.6. The molecule has 0 amide bonds. The number of tetrazole rings is 1. The van der Waals surface area contributed by atoms with Gasteiger partial charge in [0.15, 0.2) is 12.0 Å². The summed E-state index contributed by atoms with van der Waals surface area (Å²) in [4.78, 5) is 22.3. The van der Waals surface area contributed by atoms with Crippen molar-refractivity contribution in [2.24, 2.45) is 5.73 Å². The summed E-state index contributed by atoms with van der Waals surface area (Å²) in [5.41, 5.74) is 9.13. The van der Waals surface area contributed by atoms with E-state index in [0.717, 1.165) is 11.1 Å². The van der Waals surface area contributed by atoms with Crippen LogP contribution in [0.3, 0.4) is 0 Å². The number of aromatic nitrogens is 6. The van der Waals surface area contributed by atoms with Crippen LogP contribution < -0.4 is 5.73 Å². The van der Waals surface area contributed by atoms with Gasteiger partial charge in [0.25, 0.3) is 0 Å². The lowest BCUT2D eigenvalue weighted by Crippen LogP contribution is -2.15. The number of carboxylic acids is 1. The molecule has 0 aliphatic rings. The van der Waals surface area contributed by atoms with Crippen LogP contribution in [0.2, 0.25) is 5.02 Å². The third kappa shape index (κ3) is 4.02. The lowest BCUT2D eigenvalue weighted by molar-refractivity contribution is 0.0688. The fourth-order valence-corrected chi connectivity index (χ4v) is 3.08. The Morgan fingerprint density at radius 2 is 1.63 bits per heavy atom. The minimum atomic E-state index is -1.20. The molecule has 0 atom stereocenters. The van der Waals surface area contributed by atoms with Gasteiger partial charge in [-0.1, -0.05) is 48.0 Å². The van der Waals surface area contributed by atoms with E-state index < -0.39 is 5.97 Å². The van der Waals surface area contributed by atoms with Crippen LogP contribution in [0.25, 0.3) is 22.5 Å². The Labute approximate surface area is 176 Å². The first-order valence-corrected chi connectivity index (χ1v) is 9.33. The molecule has 30 heavy (non-hydrogen) atoms. The summed E-state index contributed by atoms with van der Waals surface area (Å²) in [5.74, 6) is -1.20. The lowest BCUT2D eigenvalue weighted by Gasteiger charge is -2.13. The van der Waals surface area contributed by atoms with Gasteiger partial charge in [0.1, 0.15) is 6.54 Å². The van der Waals surface area contributed by atoms with Crippen LogP contribution in [0.4, 0.5) is 0 Å². The summed E-state index contributed by atoms with van der Waals surface area (Å²) in [6, 6.07) is 14.5. The second-order valence-corrected chi connectivity index (χ2v) is 6.83. The van der Waals surface area contributed by atoms with Crippen molar-refractivity contribution in [2.45, 2.75) is 13.1 Å². The average molecular weight is 422 g/mol. The van der Waals surface area contributed by atoms with Gasteiger partial charge >= 0.3 is 5.97 Å². The molecule has 0 bridgehead atoms. The Kier molecular flexibility index (Phi) is 5.46. The van der Waals surface area contributed by atoms with Crippen LogP contribution in [0, 0.1) is 0 Å². The molecule has 10 heteroatoms. The number of hydrogen-bond donors (Lipinski definition) is 2. The molecule has 0 fully saturated rings. The molecule has 0 saturated carbocycles. The summed E-state index contributed by atoms with van der Waals surface area (Å²) in [6.07, 6.45) is 1.27. The van der Waals surface area contributed by atoms with Crippen LogP contribution in [-0.4, -0.2) is 41.3 Å². The molecule has 2 heterocycles. The van der Waals surface area contributed by atoms with Crippen molar-refractivity contribution in [3.05, 3.63) is 76.8 Å². The number of nitrogens with two attached hydrogens (primary N) is 1. The molecule has 0 radical (unpaired) electrons. The smallest absolute Gasteiger partial charge is 0.356 e. The quantitative estimate of drug-likeness (QED) is 0.485. The molecule has 0 saturated heterocycles. The fourth-order valence-electron chi connectivity index (χ4n) is 2.96. The number of aromatic carboxylic acids is 1. The molecule has 150 valence electrons. The van der Waals surface area contributed by atoms with Crippen LogP contribution in [0.1, 0.15) is 21.7 Å². The van der Waals surface area contributed by atoms with Gasteiger partial charge in [0, 0.05) is 22.7 Å². The predicted octanol–water partition coefficient (Wildman–Crippen LogP) is 2.66. The molecule has 9 nitrogen and oxygen atoms in total. The number of hydrogen-bond acceptors (Lipinski definition) is 7. The van der Waals surface area contributed by atoms with Crippen molar-refractivity contribution in [1.29, 1.82) is 0 Å². The SMILES string of the molecule is NCc1ccc(-c2nc(Cn3ncnn3)c(C(=O)O)nc2-c2ccc(Cl)cc2)cc1. The van der Waals surface area contributed by atoms with E-state index in [-0.39, 0.29) is 17.9 Å². The van der Waals surface area contributed by atoms with Gasteiger partial charge in [-0.05, 0) is 22.9 Å². The molecule has 0 aliphatic carbocycles. The molecular formula is C20H16ClN7O2. The second kappa shape index (κ2) is 8.36. The van der Waals surface area contributed by atoms with Crippen LogP contribution in [-0.2, 0) is 13.1 Å². The van der Waals surface area contributed by atoms with Gasteiger partial charge in [-0.3, -0.25) is 0 Å². The van der Waals surface area contributed by atoms with Gasteiger partial charge in [0.2, 0.25) is 0 Å². The maximum absolute atomic E-state index is 11.9. The molecule has 3 N–H and O–H groups in total. The minimum absolute atomic E-state index is 0.0173. The predicted molar refractivity (Wildman–Crippen MR) is 110 cm³/mol. The van der Waals surface area contributed by atoms with Crippen molar-refractivity contribution < 1.29 is 9.90 Å². The molecule has 2 aromatic heterocycles. The van der Waals surface area contributed by atoms with Crippen molar-refractivity contribution in [2.75, 3.05) is 0 Å². The van der Waals surface area contributed by atoms with Crippen LogP contribution in [0.15, 0.2) is 54.9 Å². The van der Waals surface area contributed by atoms with Crippen molar-refractivity contribution in [3.8, 4) is 22.5 Å². The topological polar surface area (TPSA) is 133 Å². The number of rotatable bonds is 6. The Bertz CT molecular complexity index is 1180. The van der Waals surface area contributed by atoms with Gasteiger partial charge in [-0.15, -0.1) is 10.2 Å². The highest BCUT2D eigenvalue weighted by atomic mass is 35.5. The monoisotopic (exact) mass is 421 g/mol. The van der Waals surface area contributed by atoms with E-state index in [1.807, 2.05) is 24.3 Å². The lowest BCUT2D eigenvalue weighted by atomic mass is 10.0. The maximum atomic E-state index is 11.9. The Balaban J connectivity index is 1.93. The number of carboxylic acid groups (broad SMARTS) is 1. The molecule has 4 rings (SSSR count). The third-order valence-corrected chi connectivity index (χ3v) is 4.69. The third-order valence-electron chi connectivity index (χ3n) is 4.43. The first kappa shape index (κ1) is 19.6. The van der Waals surface area contributed by atoms with E-state index in [2.05, 4.69) is 25.4 Å². The highest BCUT2D eigenvalue weighted by Crippen LogP contribution is 2.31.